The molecule has 6 aromatic rings. The van der Waals surface area contributed by atoms with Gasteiger partial charge in [-0.1, -0.05) is 54.6 Å². The highest BCUT2D eigenvalue weighted by Crippen LogP contribution is 2.32. The molecule has 3 heterocycles. The average molecular weight is 595 g/mol. The Morgan fingerprint density at radius 3 is 2.36 bits per heavy atom. The van der Waals surface area contributed by atoms with Gasteiger partial charge < -0.3 is 20.3 Å². The lowest BCUT2D eigenvalue weighted by Crippen LogP contribution is -2.27. The monoisotopic (exact) mass is 594 g/mol. The van der Waals surface area contributed by atoms with Gasteiger partial charge in [-0.25, -0.2) is 9.78 Å². The van der Waals surface area contributed by atoms with Gasteiger partial charge in [0.2, 0.25) is 0 Å². The molecule has 222 valence electrons. The van der Waals surface area contributed by atoms with Gasteiger partial charge in [-0.3, -0.25) is 9.89 Å². The van der Waals surface area contributed by atoms with Crippen LogP contribution in [-0.4, -0.2) is 45.1 Å². The van der Waals surface area contributed by atoms with Crippen molar-refractivity contribution in [2.45, 2.75) is 12.8 Å². The topological polar surface area (TPSA) is 112 Å². The van der Waals surface area contributed by atoms with Crippen molar-refractivity contribution in [3.05, 3.63) is 121 Å². The van der Waals surface area contributed by atoms with Crippen molar-refractivity contribution in [1.82, 2.24) is 20.1 Å². The van der Waals surface area contributed by atoms with Gasteiger partial charge in [-0.05, 0) is 73.0 Å². The number of H-pyrrole nitrogens is 1. The minimum Gasteiger partial charge on any atom is -0.455 e. The Balaban J connectivity index is 1.08. The van der Waals surface area contributed by atoms with E-state index in [1.165, 1.54) is 0 Å². The number of aromatic nitrogens is 3. The van der Waals surface area contributed by atoms with Crippen LogP contribution in [0.1, 0.15) is 23.2 Å². The fourth-order valence-electron chi connectivity index (χ4n) is 5.49. The van der Waals surface area contributed by atoms with Crippen LogP contribution in [-0.2, 0) is 0 Å². The van der Waals surface area contributed by atoms with Gasteiger partial charge in [0.15, 0.2) is 11.4 Å². The molecule has 0 unspecified atom stereocenters. The number of aromatic amines is 1. The number of rotatable bonds is 7. The van der Waals surface area contributed by atoms with Crippen LogP contribution in [0.4, 0.5) is 16.2 Å². The highest BCUT2D eigenvalue weighted by atomic mass is 16.5. The zero-order chi connectivity index (χ0) is 30.6. The minimum atomic E-state index is -0.404. The lowest BCUT2D eigenvalue weighted by Gasteiger charge is -2.15. The van der Waals surface area contributed by atoms with E-state index in [0.717, 1.165) is 48.0 Å². The largest absolute Gasteiger partial charge is 0.455 e. The molecule has 0 atom stereocenters. The number of nitrogens with one attached hydrogen (secondary N) is 3. The second kappa shape index (κ2) is 12.3. The maximum Gasteiger partial charge on any atom is 0.323 e. The summed E-state index contributed by atoms with van der Waals surface area (Å²) in [6, 6.07) is 33.5. The molecule has 4 aromatic carbocycles. The second-order valence-corrected chi connectivity index (χ2v) is 10.8. The molecule has 1 saturated heterocycles. The first-order valence-electron chi connectivity index (χ1n) is 14.8. The predicted octanol–water partition coefficient (Wildman–Crippen LogP) is 7.96. The van der Waals surface area contributed by atoms with E-state index in [-0.39, 0.29) is 5.91 Å². The average Bonchev–Trinajstić information content (AvgIpc) is 3.77. The quantitative estimate of drug-likeness (QED) is 0.174. The van der Waals surface area contributed by atoms with Gasteiger partial charge in [0.1, 0.15) is 11.4 Å². The molecule has 0 spiro atoms. The predicted molar refractivity (Wildman–Crippen MR) is 175 cm³/mol. The van der Waals surface area contributed by atoms with Crippen molar-refractivity contribution in [1.29, 1.82) is 0 Å². The van der Waals surface area contributed by atoms with Gasteiger partial charge in [0.25, 0.3) is 5.91 Å². The van der Waals surface area contributed by atoms with E-state index >= 15 is 0 Å². The second-order valence-electron chi connectivity index (χ2n) is 10.8. The Labute approximate surface area is 259 Å². The standard InChI is InChI=1S/C36H30N6O3/c43-35(42-19-6-7-20-42)25-17-15-24(16-18-25)27-22-30-33(40-41-34(30)37-23-27)26-9-8-10-28(21-26)38-36(44)39-31-13-4-5-14-32(31)45-29-11-2-1-3-12-29/h1-5,8-18,21-23H,6-7,19-20H2,(H,37,40,41)(H2,38,39,44). The Morgan fingerprint density at radius 1 is 0.756 bits per heavy atom. The third kappa shape index (κ3) is 6.09. The molecule has 45 heavy (non-hydrogen) atoms. The molecule has 9 nitrogen and oxygen atoms in total. The fourth-order valence-corrected chi connectivity index (χ4v) is 5.49. The maximum absolute atomic E-state index is 13.0. The normalized spacial score (nSPS) is 12.7. The molecule has 0 saturated carbocycles. The number of urea groups is 1. The molecule has 1 fully saturated rings. The molecule has 1 aliphatic rings. The van der Waals surface area contributed by atoms with E-state index in [4.69, 9.17) is 4.74 Å². The van der Waals surface area contributed by atoms with Crippen molar-refractivity contribution >= 4 is 34.3 Å². The van der Waals surface area contributed by atoms with Gasteiger partial charge in [0, 0.05) is 47.1 Å². The van der Waals surface area contributed by atoms with Crippen molar-refractivity contribution in [3.8, 4) is 33.9 Å². The Bertz CT molecular complexity index is 1980. The highest BCUT2D eigenvalue weighted by Gasteiger charge is 2.19. The summed E-state index contributed by atoms with van der Waals surface area (Å²) in [6.45, 7) is 1.65. The number of carbonyl (C=O) groups excluding carboxylic acids is 2. The molecule has 1 aliphatic heterocycles. The number of ether oxygens (including phenoxy) is 1. The zero-order valence-corrected chi connectivity index (χ0v) is 24.4. The molecule has 9 heteroatoms. The molecular weight excluding hydrogens is 564 g/mol. The van der Waals surface area contributed by atoms with E-state index in [2.05, 4.69) is 25.8 Å². The van der Waals surface area contributed by atoms with Crippen LogP contribution in [0, 0.1) is 0 Å². The van der Waals surface area contributed by atoms with Crippen LogP contribution in [0.3, 0.4) is 0 Å². The summed E-state index contributed by atoms with van der Waals surface area (Å²) in [4.78, 5) is 32.3. The Kier molecular flexibility index (Phi) is 7.63. The number of amides is 3. The third-order valence-electron chi connectivity index (χ3n) is 7.78. The van der Waals surface area contributed by atoms with Gasteiger partial charge in [-0.15, -0.1) is 0 Å². The fraction of sp³-hybridized carbons (Fsp3) is 0.111. The number of benzene rings is 4. The lowest BCUT2D eigenvalue weighted by molar-refractivity contribution is 0.0793. The molecule has 0 aliphatic carbocycles. The summed E-state index contributed by atoms with van der Waals surface area (Å²) >= 11 is 0. The molecule has 3 N–H and O–H groups in total. The van der Waals surface area contributed by atoms with Crippen LogP contribution >= 0.6 is 0 Å². The van der Waals surface area contributed by atoms with E-state index in [9.17, 15) is 9.59 Å². The van der Waals surface area contributed by atoms with E-state index in [1.54, 1.807) is 18.3 Å². The maximum atomic E-state index is 13.0. The first kappa shape index (κ1) is 27.8. The van der Waals surface area contributed by atoms with Gasteiger partial charge >= 0.3 is 6.03 Å². The van der Waals surface area contributed by atoms with Crippen LogP contribution in [0.5, 0.6) is 11.5 Å². The van der Waals surface area contributed by atoms with Crippen LogP contribution in [0.25, 0.3) is 33.4 Å². The van der Waals surface area contributed by atoms with Crippen molar-refractivity contribution in [2.24, 2.45) is 0 Å². The van der Waals surface area contributed by atoms with Crippen molar-refractivity contribution in [3.63, 3.8) is 0 Å². The summed E-state index contributed by atoms with van der Waals surface area (Å²) in [7, 11) is 0. The van der Waals surface area contributed by atoms with Crippen LogP contribution in [0.2, 0.25) is 0 Å². The highest BCUT2D eigenvalue weighted by molar-refractivity contribution is 6.01. The molecule has 3 amide bonds. The number of carbonyl (C=O) groups is 2. The summed E-state index contributed by atoms with van der Waals surface area (Å²) in [5.41, 5.74) is 5.89. The van der Waals surface area contributed by atoms with E-state index in [0.29, 0.717) is 39.8 Å². The third-order valence-corrected chi connectivity index (χ3v) is 7.78. The zero-order valence-electron chi connectivity index (χ0n) is 24.4. The number of hydrogen-bond acceptors (Lipinski definition) is 5. The van der Waals surface area contributed by atoms with Gasteiger partial charge in [0.05, 0.1) is 5.69 Å². The summed E-state index contributed by atoms with van der Waals surface area (Å²) in [5.74, 6) is 1.29. The molecule has 0 radical (unpaired) electrons. The van der Waals surface area contributed by atoms with Gasteiger partial charge in [-0.2, -0.15) is 5.10 Å². The lowest BCUT2D eigenvalue weighted by atomic mass is 10.0. The van der Waals surface area contributed by atoms with Crippen LogP contribution in [0.15, 0.2) is 115 Å². The molecular formula is C36H30N6O3. The number of para-hydroxylation sites is 3. The summed E-state index contributed by atoms with van der Waals surface area (Å²) in [5, 5.41) is 14.2. The molecule has 0 bridgehead atoms. The van der Waals surface area contributed by atoms with E-state index in [1.807, 2.05) is 102 Å². The first-order valence-corrected chi connectivity index (χ1v) is 14.8. The Hall–Kier alpha value is -5.96. The molecule has 7 rings (SSSR count). The summed E-state index contributed by atoms with van der Waals surface area (Å²) in [6.07, 6.45) is 3.92. The Morgan fingerprint density at radius 2 is 1.53 bits per heavy atom. The number of likely N-dealkylation sites (tertiary alicyclic amines) is 1. The smallest absolute Gasteiger partial charge is 0.323 e. The minimum absolute atomic E-state index is 0.0802. The van der Waals surface area contributed by atoms with Crippen molar-refractivity contribution < 1.29 is 14.3 Å². The van der Waals surface area contributed by atoms with Crippen molar-refractivity contribution in [2.75, 3.05) is 23.7 Å². The number of anilines is 2. The number of pyridine rings is 1. The number of nitrogens with zero attached hydrogens (tertiary/aromatic N) is 3. The SMILES string of the molecule is O=C(Nc1cccc(-c2n[nH]c3ncc(-c4ccc(C(=O)N5CCCC5)cc4)cc23)c1)Nc1ccccc1Oc1ccccc1. The van der Waals surface area contributed by atoms with Crippen LogP contribution < -0.4 is 15.4 Å². The summed E-state index contributed by atoms with van der Waals surface area (Å²) < 4.78 is 5.97. The van der Waals surface area contributed by atoms with E-state index < -0.39 is 6.03 Å². The number of hydrogen-bond donors (Lipinski definition) is 3. The first-order chi connectivity index (χ1) is 22.1. The number of fused-ring (bicyclic) bond motifs is 1. The molecule has 2 aromatic heterocycles.